The molecule has 106 valence electrons. The molecule has 1 atom stereocenters. The molecule has 2 aliphatic carbocycles. The summed E-state index contributed by atoms with van der Waals surface area (Å²) in [7, 11) is 2.44. The van der Waals surface area contributed by atoms with Gasteiger partial charge in [0.15, 0.2) is 0 Å². The molecule has 0 saturated carbocycles. The van der Waals surface area contributed by atoms with Gasteiger partial charge in [-0.05, 0) is 17.7 Å². The van der Waals surface area contributed by atoms with Crippen LogP contribution in [0.1, 0.15) is 6.42 Å². The molecule has 20 heavy (non-hydrogen) atoms. The minimum Gasteiger partial charge on any atom is -0.511 e. The number of aliphatic hydroxyl groups excluding tert-OH is 2. The predicted molar refractivity (Wildman–Crippen MR) is 68.7 cm³/mol. The van der Waals surface area contributed by atoms with Crippen LogP contribution in [0.5, 0.6) is 0 Å². The van der Waals surface area contributed by atoms with Crippen molar-refractivity contribution in [3.63, 3.8) is 0 Å². The SMILES string of the molecule is COC(=O)C1=CC2CC(O)=C(C(=O)OC)C=C2C=C1O. The van der Waals surface area contributed by atoms with Crippen LogP contribution in [-0.4, -0.2) is 36.4 Å². The van der Waals surface area contributed by atoms with Crippen LogP contribution in [0.15, 0.2) is 46.5 Å². The second-order valence-corrected chi connectivity index (χ2v) is 4.41. The molecule has 0 heterocycles. The second-order valence-electron chi connectivity index (χ2n) is 4.41. The predicted octanol–water partition coefficient (Wildman–Crippen LogP) is 1.47. The standard InChI is InChI=1S/C14H14O6/c1-19-13(17)9-3-7-6-12(16)10(14(18)20-2)4-8(7)5-11(9)15/h3-5,7,15-16H,6H2,1-2H3. The van der Waals surface area contributed by atoms with Crippen molar-refractivity contribution in [1.82, 2.24) is 0 Å². The molecular formula is C14H14O6. The molecule has 1 unspecified atom stereocenters. The monoisotopic (exact) mass is 278 g/mol. The van der Waals surface area contributed by atoms with Crippen molar-refractivity contribution in [3.05, 3.63) is 46.5 Å². The molecule has 0 amide bonds. The number of ether oxygens (including phenoxy) is 2. The van der Waals surface area contributed by atoms with E-state index in [1.807, 2.05) is 0 Å². The summed E-state index contributed by atoms with van der Waals surface area (Å²) < 4.78 is 9.14. The van der Waals surface area contributed by atoms with Gasteiger partial charge in [0.25, 0.3) is 0 Å². The van der Waals surface area contributed by atoms with Gasteiger partial charge < -0.3 is 19.7 Å². The van der Waals surface area contributed by atoms with Gasteiger partial charge in [0.1, 0.15) is 11.5 Å². The highest BCUT2D eigenvalue weighted by Crippen LogP contribution is 2.36. The van der Waals surface area contributed by atoms with Crippen molar-refractivity contribution < 1.29 is 29.3 Å². The summed E-state index contributed by atoms with van der Waals surface area (Å²) >= 11 is 0. The molecule has 0 saturated heterocycles. The number of esters is 2. The van der Waals surface area contributed by atoms with E-state index < -0.39 is 11.9 Å². The van der Waals surface area contributed by atoms with Gasteiger partial charge in [0, 0.05) is 12.3 Å². The fourth-order valence-electron chi connectivity index (χ4n) is 2.19. The zero-order valence-corrected chi connectivity index (χ0v) is 11.0. The molecule has 6 nitrogen and oxygen atoms in total. The third-order valence-electron chi connectivity index (χ3n) is 3.22. The number of carbonyl (C=O) groups excluding carboxylic acids is 2. The summed E-state index contributed by atoms with van der Waals surface area (Å²) in [6.07, 6.45) is 4.49. The van der Waals surface area contributed by atoms with Crippen LogP contribution in [-0.2, 0) is 19.1 Å². The molecule has 2 rings (SSSR count). The molecule has 0 fully saturated rings. The molecule has 2 aliphatic rings. The average Bonchev–Trinajstić information content (AvgIpc) is 2.44. The summed E-state index contributed by atoms with van der Waals surface area (Å²) in [5.74, 6) is -1.94. The van der Waals surface area contributed by atoms with E-state index in [2.05, 4.69) is 9.47 Å². The Hall–Kier alpha value is -2.50. The van der Waals surface area contributed by atoms with E-state index in [-0.39, 0.29) is 35.0 Å². The number of hydrogen-bond donors (Lipinski definition) is 2. The fourth-order valence-corrected chi connectivity index (χ4v) is 2.19. The fraction of sp³-hybridized carbons (Fsp3) is 0.286. The molecule has 0 aliphatic heterocycles. The summed E-state index contributed by atoms with van der Waals surface area (Å²) in [4.78, 5) is 23.0. The van der Waals surface area contributed by atoms with Crippen LogP contribution in [0.2, 0.25) is 0 Å². The number of fused-ring (bicyclic) bond motifs is 1. The first kappa shape index (κ1) is 13.9. The van der Waals surface area contributed by atoms with Gasteiger partial charge in [-0.25, -0.2) is 9.59 Å². The normalized spacial score (nSPS) is 21.3. The Morgan fingerprint density at radius 3 is 2.40 bits per heavy atom. The second kappa shape index (κ2) is 5.24. The van der Waals surface area contributed by atoms with Gasteiger partial charge in [0.05, 0.1) is 25.4 Å². The van der Waals surface area contributed by atoms with Gasteiger partial charge in [-0.2, -0.15) is 0 Å². The van der Waals surface area contributed by atoms with Crippen LogP contribution in [0.4, 0.5) is 0 Å². The molecule has 2 N–H and O–H groups in total. The van der Waals surface area contributed by atoms with E-state index >= 15 is 0 Å². The zero-order valence-electron chi connectivity index (χ0n) is 11.0. The van der Waals surface area contributed by atoms with Crippen LogP contribution in [0.3, 0.4) is 0 Å². The lowest BCUT2D eigenvalue weighted by Crippen LogP contribution is -2.20. The quantitative estimate of drug-likeness (QED) is 0.743. The number of hydrogen-bond acceptors (Lipinski definition) is 6. The van der Waals surface area contributed by atoms with Crippen molar-refractivity contribution in [3.8, 4) is 0 Å². The third-order valence-corrected chi connectivity index (χ3v) is 3.22. The molecule has 0 aromatic heterocycles. The van der Waals surface area contributed by atoms with E-state index in [4.69, 9.17) is 0 Å². The first-order chi connectivity index (χ1) is 9.47. The summed E-state index contributed by atoms with van der Waals surface area (Å²) in [6.45, 7) is 0. The van der Waals surface area contributed by atoms with Crippen molar-refractivity contribution in [2.45, 2.75) is 6.42 Å². The Balaban J connectivity index is 2.38. The first-order valence-electron chi connectivity index (χ1n) is 5.91. The van der Waals surface area contributed by atoms with Crippen molar-refractivity contribution >= 4 is 11.9 Å². The smallest absolute Gasteiger partial charge is 0.341 e. The molecule has 0 bridgehead atoms. The first-order valence-corrected chi connectivity index (χ1v) is 5.91. The highest BCUT2D eigenvalue weighted by atomic mass is 16.5. The number of aliphatic hydroxyl groups is 2. The highest BCUT2D eigenvalue weighted by molar-refractivity contribution is 5.95. The maximum atomic E-state index is 11.5. The van der Waals surface area contributed by atoms with Crippen LogP contribution < -0.4 is 0 Å². The van der Waals surface area contributed by atoms with E-state index in [9.17, 15) is 19.8 Å². The molecule has 0 radical (unpaired) electrons. The number of allylic oxidation sites excluding steroid dienone is 4. The van der Waals surface area contributed by atoms with E-state index in [0.29, 0.717) is 5.57 Å². The molecule has 0 spiro atoms. The van der Waals surface area contributed by atoms with Gasteiger partial charge in [-0.1, -0.05) is 6.08 Å². The highest BCUT2D eigenvalue weighted by Gasteiger charge is 2.30. The Morgan fingerprint density at radius 1 is 1.15 bits per heavy atom. The van der Waals surface area contributed by atoms with Crippen LogP contribution in [0, 0.1) is 5.92 Å². The minimum atomic E-state index is -0.653. The zero-order chi connectivity index (χ0) is 14.9. The Kier molecular flexibility index (Phi) is 3.65. The summed E-state index contributed by atoms with van der Waals surface area (Å²) in [5.41, 5.74) is 0.718. The summed E-state index contributed by atoms with van der Waals surface area (Å²) in [5, 5.41) is 19.7. The number of methoxy groups -OCH3 is 2. The van der Waals surface area contributed by atoms with E-state index in [1.165, 1.54) is 32.4 Å². The molecule has 6 heteroatoms. The largest absolute Gasteiger partial charge is 0.511 e. The maximum absolute atomic E-state index is 11.5. The lowest BCUT2D eigenvalue weighted by Gasteiger charge is -2.25. The van der Waals surface area contributed by atoms with E-state index in [1.54, 1.807) is 0 Å². The van der Waals surface area contributed by atoms with Gasteiger partial charge in [-0.15, -0.1) is 0 Å². The van der Waals surface area contributed by atoms with Gasteiger partial charge >= 0.3 is 11.9 Å². The molecular weight excluding hydrogens is 264 g/mol. The Morgan fingerprint density at radius 2 is 1.80 bits per heavy atom. The number of carbonyl (C=O) groups is 2. The maximum Gasteiger partial charge on any atom is 0.341 e. The van der Waals surface area contributed by atoms with Crippen LogP contribution >= 0.6 is 0 Å². The van der Waals surface area contributed by atoms with Crippen LogP contribution in [0.25, 0.3) is 0 Å². The van der Waals surface area contributed by atoms with Gasteiger partial charge in [0.2, 0.25) is 0 Å². The lowest BCUT2D eigenvalue weighted by molar-refractivity contribution is -0.137. The van der Waals surface area contributed by atoms with E-state index in [0.717, 1.165) is 0 Å². The minimum absolute atomic E-state index is 0.0453. The topological polar surface area (TPSA) is 93.1 Å². The number of rotatable bonds is 2. The third kappa shape index (κ3) is 2.32. The van der Waals surface area contributed by atoms with Gasteiger partial charge in [-0.3, -0.25) is 0 Å². The molecule has 0 aromatic rings. The van der Waals surface area contributed by atoms with Crippen molar-refractivity contribution in [1.29, 1.82) is 0 Å². The molecule has 0 aromatic carbocycles. The summed E-state index contributed by atoms with van der Waals surface area (Å²) in [6, 6.07) is 0. The lowest BCUT2D eigenvalue weighted by atomic mass is 9.82. The van der Waals surface area contributed by atoms with Crippen molar-refractivity contribution in [2.75, 3.05) is 14.2 Å². The Labute approximate surface area is 115 Å². The Bertz CT molecular complexity index is 591. The van der Waals surface area contributed by atoms with Crippen molar-refractivity contribution in [2.24, 2.45) is 5.92 Å². The average molecular weight is 278 g/mol.